The highest BCUT2D eigenvalue weighted by Gasteiger charge is 2.24. The third-order valence-electron chi connectivity index (χ3n) is 5.72. The molecule has 1 aliphatic carbocycles. The monoisotopic (exact) mass is 441 g/mol. The van der Waals surface area contributed by atoms with E-state index in [0.717, 1.165) is 42.7 Å². The summed E-state index contributed by atoms with van der Waals surface area (Å²) in [6.07, 6.45) is 5.73. The Morgan fingerprint density at radius 1 is 1.28 bits per heavy atom. The van der Waals surface area contributed by atoms with Gasteiger partial charge in [0, 0.05) is 36.5 Å². The molecule has 3 aromatic rings. The highest BCUT2D eigenvalue weighted by Crippen LogP contribution is 2.28. The number of carbonyl (C=O) groups is 1. The van der Waals surface area contributed by atoms with Crippen molar-refractivity contribution in [1.29, 1.82) is 0 Å². The molecule has 2 heterocycles. The number of ether oxygens (including phenoxy) is 1. The zero-order chi connectivity index (χ0) is 22.7. The van der Waals surface area contributed by atoms with E-state index in [-0.39, 0.29) is 29.3 Å². The second-order valence-electron chi connectivity index (χ2n) is 8.06. The van der Waals surface area contributed by atoms with Crippen LogP contribution in [0.3, 0.4) is 0 Å². The normalized spacial score (nSPS) is 18.6. The Morgan fingerprint density at radius 3 is 2.84 bits per heavy atom. The van der Waals surface area contributed by atoms with E-state index in [9.17, 15) is 9.18 Å². The number of halogens is 1. The number of fused-ring (bicyclic) bond motifs is 1. The summed E-state index contributed by atoms with van der Waals surface area (Å²) in [4.78, 5) is 16.3. The zero-order valence-corrected chi connectivity index (χ0v) is 18.0. The number of primary amides is 1. The quantitative estimate of drug-likeness (QED) is 0.422. The summed E-state index contributed by atoms with van der Waals surface area (Å²) in [6, 6.07) is 6.52. The van der Waals surface area contributed by atoms with Gasteiger partial charge in [0.2, 0.25) is 0 Å². The van der Waals surface area contributed by atoms with Crippen molar-refractivity contribution >= 4 is 34.1 Å². The van der Waals surface area contributed by atoms with E-state index < -0.39 is 11.7 Å². The van der Waals surface area contributed by atoms with Crippen molar-refractivity contribution in [3.05, 3.63) is 41.8 Å². The molecule has 1 saturated carbocycles. The van der Waals surface area contributed by atoms with Gasteiger partial charge in [-0.2, -0.15) is 5.10 Å². The van der Waals surface area contributed by atoms with Crippen LogP contribution in [0.1, 0.15) is 36.0 Å². The number of carbonyl (C=O) groups excluding carboxylic acids is 1. The zero-order valence-electron chi connectivity index (χ0n) is 18.0. The van der Waals surface area contributed by atoms with Crippen molar-refractivity contribution < 1.29 is 13.9 Å². The molecule has 1 fully saturated rings. The molecular formula is C22H28FN7O2. The van der Waals surface area contributed by atoms with E-state index in [1.165, 1.54) is 0 Å². The molecule has 4 rings (SSSR count). The summed E-state index contributed by atoms with van der Waals surface area (Å²) in [5.41, 5.74) is 13.0. The van der Waals surface area contributed by atoms with Crippen LogP contribution in [0.15, 0.2) is 30.5 Å². The van der Waals surface area contributed by atoms with E-state index in [1.807, 2.05) is 24.4 Å². The SMILES string of the molecule is COCCn1cc2ccc(Nc3nc(N[C@@H]4CCCC[C@@H]4N)c(F)cc3C(N)=O)cc2n1. The van der Waals surface area contributed by atoms with Gasteiger partial charge in [0.25, 0.3) is 5.91 Å². The minimum atomic E-state index is -0.773. The van der Waals surface area contributed by atoms with Crippen LogP contribution >= 0.6 is 0 Å². The van der Waals surface area contributed by atoms with E-state index in [1.54, 1.807) is 11.8 Å². The Morgan fingerprint density at radius 2 is 2.09 bits per heavy atom. The summed E-state index contributed by atoms with van der Waals surface area (Å²) in [5, 5.41) is 11.7. The van der Waals surface area contributed by atoms with Gasteiger partial charge in [0.1, 0.15) is 5.82 Å². The van der Waals surface area contributed by atoms with Gasteiger partial charge in [-0.1, -0.05) is 12.8 Å². The van der Waals surface area contributed by atoms with E-state index in [4.69, 9.17) is 16.2 Å². The van der Waals surface area contributed by atoms with Crippen molar-refractivity contribution in [3.63, 3.8) is 0 Å². The second-order valence-corrected chi connectivity index (χ2v) is 8.06. The lowest BCUT2D eigenvalue weighted by molar-refractivity contribution is 0.100. The van der Waals surface area contributed by atoms with Gasteiger partial charge in [-0.25, -0.2) is 9.37 Å². The fourth-order valence-corrected chi connectivity index (χ4v) is 3.97. The molecule has 0 bridgehead atoms. The molecule has 32 heavy (non-hydrogen) atoms. The molecule has 6 N–H and O–H groups in total. The summed E-state index contributed by atoms with van der Waals surface area (Å²) in [7, 11) is 1.64. The predicted octanol–water partition coefficient (Wildman–Crippen LogP) is 2.74. The molecule has 170 valence electrons. The van der Waals surface area contributed by atoms with Crippen LogP contribution in [0.4, 0.5) is 21.7 Å². The molecule has 1 aromatic carbocycles. The molecular weight excluding hydrogens is 413 g/mol. The Bertz CT molecular complexity index is 1120. The van der Waals surface area contributed by atoms with Gasteiger partial charge in [-0.05, 0) is 37.1 Å². The Kier molecular flexibility index (Phi) is 6.52. The number of hydrogen-bond acceptors (Lipinski definition) is 7. The molecule has 10 heteroatoms. The van der Waals surface area contributed by atoms with Gasteiger partial charge < -0.3 is 26.8 Å². The third kappa shape index (κ3) is 4.81. The average molecular weight is 442 g/mol. The van der Waals surface area contributed by atoms with Crippen molar-refractivity contribution in [3.8, 4) is 0 Å². The average Bonchev–Trinajstić information content (AvgIpc) is 3.17. The van der Waals surface area contributed by atoms with E-state index in [0.29, 0.717) is 18.8 Å². The number of nitrogens with two attached hydrogens (primary N) is 2. The molecule has 0 unspecified atom stereocenters. The number of pyridine rings is 1. The molecule has 2 atom stereocenters. The molecule has 0 saturated heterocycles. The number of anilines is 3. The van der Waals surface area contributed by atoms with Crippen molar-refractivity contribution in [2.45, 2.75) is 44.3 Å². The molecule has 9 nitrogen and oxygen atoms in total. The lowest BCUT2D eigenvalue weighted by Crippen LogP contribution is -2.43. The number of hydrogen-bond donors (Lipinski definition) is 4. The van der Waals surface area contributed by atoms with Gasteiger partial charge >= 0.3 is 0 Å². The van der Waals surface area contributed by atoms with Gasteiger partial charge in [-0.3, -0.25) is 9.48 Å². The lowest BCUT2D eigenvalue weighted by atomic mass is 9.91. The highest BCUT2D eigenvalue weighted by molar-refractivity contribution is 5.99. The number of benzene rings is 1. The lowest BCUT2D eigenvalue weighted by Gasteiger charge is -2.30. The first kappa shape index (κ1) is 22.0. The number of amides is 1. The largest absolute Gasteiger partial charge is 0.383 e. The molecule has 0 aliphatic heterocycles. The highest BCUT2D eigenvalue weighted by atomic mass is 19.1. The predicted molar refractivity (Wildman–Crippen MR) is 121 cm³/mol. The summed E-state index contributed by atoms with van der Waals surface area (Å²) in [6.45, 7) is 1.19. The van der Waals surface area contributed by atoms with E-state index >= 15 is 0 Å². The minimum Gasteiger partial charge on any atom is -0.383 e. The fraction of sp³-hybridized carbons (Fsp3) is 0.409. The Hall–Kier alpha value is -3.24. The second kappa shape index (κ2) is 9.49. The third-order valence-corrected chi connectivity index (χ3v) is 5.72. The van der Waals surface area contributed by atoms with Crippen LogP contribution in [0.5, 0.6) is 0 Å². The standard InChI is InChI=1S/C22H28FN7O2/c1-32-9-8-30-12-13-6-7-14(10-19(13)29-30)26-21-15(20(25)31)11-16(23)22(28-21)27-18-5-3-2-4-17(18)24/h6-7,10-12,17-18H,2-5,8-9,24H2,1H3,(H2,25,31)(H2,26,27,28)/t17-,18+/m0/s1. The van der Waals surface area contributed by atoms with Gasteiger partial charge in [0.05, 0.1) is 24.2 Å². The van der Waals surface area contributed by atoms with Crippen LogP contribution in [0.25, 0.3) is 10.9 Å². The molecule has 1 amide bonds. The van der Waals surface area contributed by atoms with E-state index in [2.05, 4.69) is 20.7 Å². The number of rotatable bonds is 8. The summed E-state index contributed by atoms with van der Waals surface area (Å²) in [5.74, 6) is -1.20. The van der Waals surface area contributed by atoms with Gasteiger partial charge in [0.15, 0.2) is 11.6 Å². The van der Waals surface area contributed by atoms with Crippen LogP contribution < -0.4 is 22.1 Å². The molecule has 0 radical (unpaired) electrons. The maximum atomic E-state index is 14.7. The maximum Gasteiger partial charge on any atom is 0.252 e. The van der Waals surface area contributed by atoms with Crippen molar-refractivity contribution in [2.75, 3.05) is 24.4 Å². The van der Waals surface area contributed by atoms with Crippen LogP contribution in [-0.2, 0) is 11.3 Å². The molecule has 0 spiro atoms. The topological polar surface area (TPSA) is 133 Å². The first-order valence-corrected chi connectivity index (χ1v) is 10.7. The first-order chi connectivity index (χ1) is 15.4. The number of nitrogens with one attached hydrogen (secondary N) is 2. The summed E-state index contributed by atoms with van der Waals surface area (Å²) < 4.78 is 21.6. The minimum absolute atomic E-state index is 0.0355. The maximum absolute atomic E-state index is 14.7. The van der Waals surface area contributed by atoms with Crippen LogP contribution in [0.2, 0.25) is 0 Å². The molecule has 2 aromatic heterocycles. The van der Waals surface area contributed by atoms with Crippen molar-refractivity contribution in [2.24, 2.45) is 11.5 Å². The fourth-order valence-electron chi connectivity index (χ4n) is 3.97. The molecule has 1 aliphatic rings. The van der Waals surface area contributed by atoms with Gasteiger partial charge in [-0.15, -0.1) is 0 Å². The van der Waals surface area contributed by atoms with Crippen LogP contribution in [0, 0.1) is 5.82 Å². The van der Waals surface area contributed by atoms with Crippen LogP contribution in [-0.4, -0.2) is 46.5 Å². The number of aromatic nitrogens is 3. The Labute approximate surface area is 185 Å². The Balaban J connectivity index is 1.61. The summed E-state index contributed by atoms with van der Waals surface area (Å²) >= 11 is 0. The first-order valence-electron chi connectivity index (χ1n) is 10.7. The number of nitrogens with zero attached hydrogens (tertiary/aromatic N) is 3. The smallest absolute Gasteiger partial charge is 0.252 e. The number of methoxy groups -OCH3 is 1. The van der Waals surface area contributed by atoms with Crippen molar-refractivity contribution in [1.82, 2.24) is 14.8 Å².